The first kappa shape index (κ1) is 18.4. The highest BCUT2D eigenvalue weighted by Crippen LogP contribution is 2.25. The summed E-state index contributed by atoms with van der Waals surface area (Å²) in [6.07, 6.45) is 2.82. The van der Waals surface area contributed by atoms with Gasteiger partial charge in [0.1, 0.15) is 0 Å². The maximum Gasteiger partial charge on any atom is 0.254 e. The molecule has 0 aliphatic carbocycles. The van der Waals surface area contributed by atoms with E-state index in [1.807, 2.05) is 18.2 Å². The van der Waals surface area contributed by atoms with Crippen molar-refractivity contribution in [2.75, 3.05) is 13.1 Å². The maximum absolute atomic E-state index is 12.8. The zero-order valence-corrected chi connectivity index (χ0v) is 15.7. The average Bonchev–Trinajstić information content (AvgIpc) is 2.63. The molecule has 2 aromatic rings. The first-order valence-electron chi connectivity index (χ1n) is 8.45. The van der Waals surface area contributed by atoms with Gasteiger partial charge in [-0.1, -0.05) is 36.4 Å². The average molecular weight is 370 g/mol. The summed E-state index contributed by atoms with van der Waals surface area (Å²) in [5, 5.41) is 5.29. The second kappa shape index (κ2) is 7.05. The lowest BCUT2D eigenvalue weighted by Gasteiger charge is -2.27. The van der Waals surface area contributed by atoms with E-state index in [1.165, 1.54) is 17.2 Å². The molecule has 3 rings (SSSR count). The van der Waals surface area contributed by atoms with Gasteiger partial charge in [0.05, 0.1) is 4.90 Å². The molecule has 0 radical (unpaired) electrons. The van der Waals surface area contributed by atoms with E-state index in [0.29, 0.717) is 24.2 Å². The van der Waals surface area contributed by atoms with Crippen LogP contribution in [0, 0.1) is 13.8 Å². The highest BCUT2D eigenvalue weighted by molar-refractivity contribution is 7.89. The van der Waals surface area contributed by atoms with Crippen molar-refractivity contribution in [2.45, 2.75) is 25.2 Å². The number of carbonyl (C=O) groups excluding carboxylic acids is 1. The molecule has 1 heterocycles. The Morgan fingerprint density at radius 2 is 1.81 bits per heavy atom. The van der Waals surface area contributed by atoms with Gasteiger partial charge in [-0.15, -0.1) is 0 Å². The fourth-order valence-electron chi connectivity index (χ4n) is 3.20. The molecule has 0 saturated heterocycles. The molecule has 0 bridgehead atoms. The van der Waals surface area contributed by atoms with Crippen LogP contribution in [0.15, 0.2) is 53.4 Å². The monoisotopic (exact) mass is 370 g/mol. The number of carbonyl (C=O) groups is 1. The molecule has 2 N–H and O–H groups in total. The fourth-order valence-corrected chi connectivity index (χ4v) is 4.08. The Balaban J connectivity index is 1.85. The summed E-state index contributed by atoms with van der Waals surface area (Å²) in [6, 6.07) is 13.2. The van der Waals surface area contributed by atoms with Crippen molar-refractivity contribution < 1.29 is 13.2 Å². The smallest absolute Gasteiger partial charge is 0.254 e. The topological polar surface area (TPSA) is 80.5 Å². The molecule has 0 aromatic heterocycles. The first-order chi connectivity index (χ1) is 12.3. The van der Waals surface area contributed by atoms with Crippen LogP contribution in [0.4, 0.5) is 0 Å². The van der Waals surface area contributed by atoms with Crippen LogP contribution < -0.4 is 5.14 Å². The molecule has 0 spiro atoms. The predicted molar refractivity (Wildman–Crippen MR) is 102 cm³/mol. The van der Waals surface area contributed by atoms with E-state index in [-0.39, 0.29) is 10.8 Å². The van der Waals surface area contributed by atoms with E-state index in [4.69, 9.17) is 5.14 Å². The molecular formula is C20H22N2O3S. The molecule has 1 aliphatic rings. The number of primary sulfonamides is 1. The molecule has 6 heteroatoms. The molecule has 5 nitrogen and oxygen atoms in total. The normalized spacial score (nSPS) is 14.9. The quantitative estimate of drug-likeness (QED) is 0.902. The second-order valence-electron chi connectivity index (χ2n) is 6.56. The molecule has 2 aromatic carbocycles. The van der Waals surface area contributed by atoms with Crippen LogP contribution in [-0.4, -0.2) is 32.3 Å². The van der Waals surface area contributed by atoms with Gasteiger partial charge in [0, 0.05) is 18.7 Å². The fraction of sp³-hybridized carbons (Fsp3) is 0.250. The molecule has 0 atom stereocenters. The third-order valence-electron chi connectivity index (χ3n) is 4.81. The summed E-state index contributed by atoms with van der Waals surface area (Å²) < 4.78 is 23.6. The van der Waals surface area contributed by atoms with Crippen LogP contribution in [0.3, 0.4) is 0 Å². The van der Waals surface area contributed by atoms with Gasteiger partial charge in [-0.3, -0.25) is 4.79 Å². The molecule has 0 unspecified atom stereocenters. The van der Waals surface area contributed by atoms with Crippen molar-refractivity contribution >= 4 is 21.5 Å². The lowest BCUT2D eigenvalue weighted by molar-refractivity contribution is 0.0772. The van der Waals surface area contributed by atoms with Gasteiger partial charge in [0.2, 0.25) is 10.0 Å². The minimum atomic E-state index is -3.87. The number of amides is 1. The minimum absolute atomic E-state index is 0.0124. The van der Waals surface area contributed by atoms with E-state index < -0.39 is 10.0 Å². The summed E-state index contributed by atoms with van der Waals surface area (Å²) in [4.78, 5) is 14.6. The summed E-state index contributed by atoms with van der Waals surface area (Å²) in [6.45, 7) is 4.57. The molecule has 1 aliphatic heterocycles. The van der Waals surface area contributed by atoms with Gasteiger partial charge < -0.3 is 4.90 Å². The summed E-state index contributed by atoms with van der Waals surface area (Å²) in [5.74, 6) is -0.179. The van der Waals surface area contributed by atoms with E-state index in [9.17, 15) is 13.2 Å². The van der Waals surface area contributed by atoms with Crippen LogP contribution in [-0.2, 0) is 10.0 Å². The Morgan fingerprint density at radius 3 is 2.38 bits per heavy atom. The summed E-state index contributed by atoms with van der Waals surface area (Å²) in [7, 11) is -3.87. The molecule has 26 heavy (non-hydrogen) atoms. The number of nitrogens with zero attached hydrogens (tertiary/aromatic N) is 1. The first-order valence-corrected chi connectivity index (χ1v) is 10.00. The van der Waals surface area contributed by atoms with E-state index in [2.05, 4.69) is 18.2 Å². The van der Waals surface area contributed by atoms with Gasteiger partial charge >= 0.3 is 0 Å². The number of aryl methyl sites for hydroxylation is 1. The standard InChI is InChI=1S/C20H22N2O3S/c1-14-12-18(13-19(15(14)2)26(21,24)25)20(23)22-10-8-17(9-11-22)16-6-4-3-5-7-16/h3-8,12-13H,9-11H2,1-2H3,(H2,21,24,25). The molecular weight excluding hydrogens is 348 g/mol. The lowest BCUT2D eigenvalue weighted by Crippen LogP contribution is -2.35. The van der Waals surface area contributed by atoms with Gasteiger partial charge in [0.25, 0.3) is 5.91 Å². The molecule has 136 valence electrons. The van der Waals surface area contributed by atoms with Gasteiger partial charge in [-0.2, -0.15) is 0 Å². The molecule has 1 amide bonds. The minimum Gasteiger partial charge on any atom is -0.335 e. The van der Waals surface area contributed by atoms with E-state index in [0.717, 1.165) is 12.0 Å². The van der Waals surface area contributed by atoms with Crippen molar-refractivity contribution in [3.8, 4) is 0 Å². The van der Waals surface area contributed by atoms with Crippen molar-refractivity contribution in [1.82, 2.24) is 4.90 Å². The Bertz CT molecular complexity index is 980. The van der Waals surface area contributed by atoms with Gasteiger partial charge in [0.15, 0.2) is 0 Å². The number of hydrogen-bond acceptors (Lipinski definition) is 3. The SMILES string of the molecule is Cc1cc(C(=O)N2CC=C(c3ccccc3)CC2)cc(S(N)(=O)=O)c1C. The Labute approximate surface area is 154 Å². The number of hydrogen-bond donors (Lipinski definition) is 1. The number of sulfonamides is 1. The lowest BCUT2D eigenvalue weighted by atomic mass is 9.99. The highest BCUT2D eigenvalue weighted by atomic mass is 32.2. The van der Waals surface area contributed by atoms with E-state index >= 15 is 0 Å². The van der Waals surface area contributed by atoms with Crippen LogP contribution in [0.2, 0.25) is 0 Å². The zero-order valence-electron chi connectivity index (χ0n) is 14.9. The Hall–Kier alpha value is -2.44. The Morgan fingerprint density at radius 1 is 1.12 bits per heavy atom. The number of rotatable bonds is 3. The summed E-state index contributed by atoms with van der Waals surface area (Å²) in [5.41, 5.74) is 4.06. The second-order valence-corrected chi connectivity index (χ2v) is 8.09. The number of nitrogens with two attached hydrogens (primary N) is 1. The largest absolute Gasteiger partial charge is 0.335 e. The molecule has 0 saturated carbocycles. The van der Waals surface area contributed by atoms with Crippen molar-refractivity contribution in [2.24, 2.45) is 5.14 Å². The van der Waals surface area contributed by atoms with Crippen LogP contribution >= 0.6 is 0 Å². The number of benzene rings is 2. The van der Waals surface area contributed by atoms with Crippen LogP contribution in [0.5, 0.6) is 0 Å². The third-order valence-corrected chi connectivity index (χ3v) is 5.85. The van der Waals surface area contributed by atoms with Crippen LogP contribution in [0.1, 0.15) is 33.5 Å². The molecule has 0 fully saturated rings. The van der Waals surface area contributed by atoms with Crippen molar-refractivity contribution in [3.05, 3.63) is 70.8 Å². The van der Waals surface area contributed by atoms with Crippen molar-refractivity contribution in [3.63, 3.8) is 0 Å². The predicted octanol–water partition coefficient (Wildman–Crippen LogP) is 2.88. The highest BCUT2D eigenvalue weighted by Gasteiger charge is 2.22. The van der Waals surface area contributed by atoms with Crippen molar-refractivity contribution in [1.29, 1.82) is 0 Å². The zero-order chi connectivity index (χ0) is 18.9. The summed E-state index contributed by atoms with van der Waals surface area (Å²) >= 11 is 0. The van der Waals surface area contributed by atoms with Gasteiger partial charge in [-0.25, -0.2) is 13.6 Å². The Kier molecular flexibility index (Phi) is 4.98. The maximum atomic E-state index is 12.8. The van der Waals surface area contributed by atoms with Gasteiger partial charge in [-0.05, 0) is 54.7 Å². The third kappa shape index (κ3) is 3.71. The van der Waals surface area contributed by atoms with E-state index in [1.54, 1.807) is 24.8 Å². The van der Waals surface area contributed by atoms with Crippen LogP contribution in [0.25, 0.3) is 5.57 Å².